The van der Waals surface area contributed by atoms with Gasteiger partial charge in [-0.15, -0.1) is 0 Å². The Morgan fingerprint density at radius 3 is 2.37 bits per heavy atom. The van der Waals surface area contributed by atoms with Crippen LogP contribution in [0.25, 0.3) is 5.76 Å². The smallest absolute Gasteiger partial charge is 0.295 e. The van der Waals surface area contributed by atoms with Crippen molar-refractivity contribution in [1.82, 2.24) is 4.90 Å². The third-order valence-electron chi connectivity index (χ3n) is 6.10. The Bertz CT molecular complexity index is 1390. The molecule has 0 saturated carbocycles. The lowest BCUT2D eigenvalue weighted by molar-refractivity contribution is -0.140. The molecule has 7 heteroatoms. The van der Waals surface area contributed by atoms with E-state index in [1.165, 1.54) is 4.90 Å². The maximum Gasteiger partial charge on any atom is 0.295 e. The van der Waals surface area contributed by atoms with Crippen molar-refractivity contribution >= 4 is 29.1 Å². The number of ketones is 1. The zero-order chi connectivity index (χ0) is 27.6. The Labute approximate surface area is 228 Å². The Morgan fingerprint density at radius 2 is 1.74 bits per heavy atom. The summed E-state index contributed by atoms with van der Waals surface area (Å²) >= 11 is 6.23. The van der Waals surface area contributed by atoms with E-state index in [2.05, 4.69) is 0 Å². The molecule has 38 heavy (non-hydrogen) atoms. The highest BCUT2D eigenvalue weighted by molar-refractivity contribution is 6.46. The van der Waals surface area contributed by atoms with Crippen LogP contribution in [0.4, 0.5) is 0 Å². The molecule has 1 aliphatic rings. The second-order valence-corrected chi connectivity index (χ2v) is 10.7. The number of benzene rings is 3. The molecule has 0 aromatic heterocycles. The van der Waals surface area contributed by atoms with Gasteiger partial charge >= 0.3 is 0 Å². The molecular weight excluding hydrogens is 502 g/mol. The second-order valence-electron chi connectivity index (χ2n) is 10.3. The van der Waals surface area contributed by atoms with Crippen molar-refractivity contribution in [3.05, 3.63) is 99.6 Å². The summed E-state index contributed by atoms with van der Waals surface area (Å²) in [5, 5.41) is 11.8. The number of nitrogens with zero attached hydrogens (tertiary/aromatic N) is 1. The predicted octanol–water partition coefficient (Wildman–Crippen LogP) is 6.85. The summed E-state index contributed by atoms with van der Waals surface area (Å²) in [5.41, 5.74) is 2.57. The molecule has 0 spiro atoms. The standard InChI is InChI=1S/C31H32ClNO5/c1-6-37-25-17-22(12-15-24(25)32)28(34)26-27(21-9-7-8-19(2)16-21)33(30(36)29(26)35)18-20-10-13-23(14-11-20)38-31(3,4)5/h7-17,27,34H,6,18H2,1-5H3/b28-26-. The lowest BCUT2D eigenvalue weighted by atomic mass is 9.94. The van der Waals surface area contributed by atoms with E-state index in [4.69, 9.17) is 21.1 Å². The van der Waals surface area contributed by atoms with Gasteiger partial charge in [-0.05, 0) is 76.1 Å². The van der Waals surface area contributed by atoms with Gasteiger partial charge in [-0.3, -0.25) is 9.59 Å². The van der Waals surface area contributed by atoms with Crippen LogP contribution in [0.15, 0.2) is 72.3 Å². The van der Waals surface area contributed by atoms with Crippen LogP contribution in [-0.2, 0) is 16.1 Å². The van der Waals surface area contributed by atoms with Crippen LogP contribution in [0.2, 0.25) is 5.02 Å². The van der Waals surface area contributed by atoms with Crippen molar-refractivity contribution in [2.45, 2.75) is 52.8 Å². The highest BCUT2D eigenvalue weighted by atomic mass is 35.5. The van der Waals surface area contributed by atoms with E-state index < -0.39 is 17.7 Å². The van der Waals surface area contributed by atoms with Gasteiger partial charge in [0.05, 0.1) is 23.2 Å². The molecule has 1 atom stereocenters. The largest absolute Gasteiger partial charge is 0.507 e. The van der Waals surface area contributed by atoms with E-state index in [0.717, 1.165) is 16.7 Å². The fraction of sp³-hybridized carbons (Fsp3) is 0.290. The van der Waals surface area contributed by atoms with E-state index in [0.29, 0.717) is 28.7 Å². The zero-order valence-electron chi connectivity index (χ0n) is 22.2. The Balaban J connectivity index is 1.78. The van der Waals surface area contributed by atoms with Gasteiger partial charge in [-0.2, -0.15) is 0 Å². The van der Waals surface area contributed by atoms with Crippen molar-refractivity contribution in [2.24, 2.45) is 0 Å². The Kier molecular flexibility index (Phi) is 7.83. The SMILES string of the molecule is CCOc1cc(/C(O)=C2/C(=O)C(=O)N(Cc3ccc(OC(C)(C)C)cc3)C2c2cccc(C)c2)ccc1Cl. The first-order valence-corrected chi connectivity index (χ1v) is 12.9. The van der Waals surface area contributed by atoms with Gasteiger partial charge in [0.2, 0.25) is 0 Å². The van der Waals surface area contributed by atoms with Crippen molar-refractivity contribution < 1.29 is 24.2 Å². The summed E-state index contributed by atoms with van der Waals surface area (Å²) in [6.45, 7) is 10.3. The molecule has 1 amide bonds. The number of aliphatic hydroxyl groups is 1. The number of carbonyl (C=O) groups is 2. The van der Waals surface area contributed by atoms with E-state index >= 15 is 0 Å². The van der Waals surface area contributed by atoms with E-state index in [1.54, 1.807) is 18.2 Å². The van der Waals surface area contributed by atoms with Gasteiger partial charge in [-0.1, -0.05) is 53.6 Å². The average Bonchev–Trinajstić information content (AvgIpc) is 3.10. The predicted molar refractivity (Wildman–Crippen MR) is 148 cm³/mol. The number of likely N-dealkylation sites (tertiary alicyclic amines) is 1. The van der Waals surface area contributed by atoms with Gasteiger partial charge in [0.1, 0.15) is 22.9 Å². The molecule has 1 unspecified atom stereocenters. The first kappa shape index (κ1) is 27.3. The summed E-state index contributed by atoms with van der Waals surface area (Å²) in [5.74, 6) is -0.589. The van der Waals surface area contributed by atoms with Crippen LogP contribution < -0.4 is 9.47 Å². The quantitative estimate of drug-likeness (QED) is 0.204. The number of halogens is 1. The molecule has 1 fully saturated rings. The minimum atomic E-state index is -0.772. The summed E-state index contributed by atoms with van der Waals surface area (Å²) in [7, 11) is 0. The number of aryl methyl sites for hydroxylation is 1. The molecule has 3 aromatic rings. The molecular formula is C31H32ClNO5. The molecule has 6 nitrogen and oxygen atoms in total. The van der Waals surface area contributed by atoms with Crippen LogP contribution in [0.1, 0.15) is 56.0 Å². The van der Waals surface area contributed by atoms with E-state index in [1.807, 2.05) is 83.1 Å². The fourth-order valence-corrected chi connectivity index (χ4v) is 4.69. The Morgan fingerprint density at radius 1 is 1.03 bits per heavy atom. The highest BCUT2D eigenvalue weighted by Crippen LogP contribution is 2.41. The van der Waals surface area contributed by atoms with Gasteiger partial charge < -0.3 is 19.5 Å². The number of rotatable bonds is 7. The number of hydrogen-bond donors (Lipinski definition) is 1. The number of carbonyl (C=O) groups excluding carboxylic acids is 2. The maximum absolute atomic E-state index is 13.4. The summed E-state index contributed by atoms with van der Waals surface area (Å²) < 4.78 is 11.5. The van der Waals surface area contributed by atoms with E-state index in [-0.39, 0.29) is 23.5 Å². The molecule has 4 rings (SSSR count). The second kappa shape index (κ2) is 10.9. The molecule has 0 radical (unpaired) electrons. The molecule has 1 aliphatic heterocycles. The lowest BCUT2D eigenvalue weighted by Gasteiger charge is -2.26. The van der Waals surface area contributed by atoms with Gasteiger partial charge in [0.15, 0.2) is 0 Å². The topological polar surface area (TPSA) is 76.1 Å². The van der Waals surface area contributed by atoms with Crippen molar-refractivity contribution in [3.8, 4) is 11.5 Å². The average molecular weight is 534 g/mol. The van der Waals surface area contributed by atoms with Gasteiger partial charge in [0, 0.05) is 12.1 Å². The Hall–Kier alpha value is -3.77. The molecule has 1 N–H and O–H groups in total. The van der Waals surface area contributed by atoms with Crippen LogP contribution in [0.3, 0.4) is 0 Å². The van der Waals surface area contributed by atoms with E-state index in [9.17, 15) is 14.7 Å². The summed E-state index contributed by atoms with van der Waals surface area (Å²) in [4.78, 5) is 28.3. The molecule has 3 aromatic carbocycles. The lowest BCUT2D eigenvalue weighted by Crippen LogP contribution is -2.29. The third-order valence-corrected chi connectivity index (χ3v) is 6.41. The number of ether oxygens (including phenoxy) is 2. The minimum Gasteiger partial charge on any atom is -0.507 e. The zero-order valence-corrected chi connectivity index (χ0v) is 23.0. The van der Waals surface area contributed by atoms with Crippen molar-refractivity contribution in [3.63, 3.8) is 0 Å². The first-order valence-electron chi connectivity index (χ1n) is 12.5. The molecule has 198 valence electrons. The number of hydrogen-bond acceptors (Lipinski definition) is 5. The summed E-state index contributed by atoms with van der Waals surface area (Å²) in [6.07, 6.45) is 0. The van der Waals surface area contributed by atoms with Crippen molar-refractivity contribution in [1.29, 1.82) is 0 Å². The first-order chi connectivity index (χ1) is 18.0. The fourth-order valence-electron chi connectivity index (χ4n) is 4.52. The molecule has 0 bridgehead atoms. The maximum atomic E-state index is 13.4. The minimum absolute atomic E-state index is 0.0260. The number of amides is 1. The van der Waals surface area contributed by atoms with Crippen LogP contribution >= 0.6 is 11.6 Å². The number of Topliss-reactive ketones (excluding diaryl/α,β-unsaturated/α-hetero) is 1. The number of aliphatic hydroxyl groups excluding tert-OH is 1. The van der Waals surface area contributed by atoms with Gasteiger partial charge in [0.25, 0.3) is 11.7 Å². The third kappa shape index (κ3) is 5.86. The normalized spacial score (nSPS) is 17.1. The van der Waals surface area contributed by atoms with Crippen LogP contribution in [-0.4, -0.2) is 33.9 Å². The van der Waals surface area contributed by atoms with Crippen LogP contribution in [0, 0.1) is 6.92 Å². The summed E-state index contributed by atoms with van der Waals surface area (Å²) in [6, 6.07) is 19.1. The molecule has 0 aliphatic carbocycles. The van der Waals surface area contributed by atoms with Crippen molar-refractivity contribution in [2.75, 3.05) is 6.61 Å². The molecule has 1 heterocycles. The van der Waals surface area contributed by atoms with Crippen LogP contribution in [0.5, 0.6) is 11.5 Å². The van der Waals surface area contributed by atoms with Gasteiger partial charge in [-0.25, -0.2) is 0 Å². The monoisotopic (exact) mass is 533 g/mol. The molecule has 1 saturated heterocycles. The highest BCUT2D eigenvalue weighted by Gasteiger charge is 2.46.